The molecule has 0 aromatic heterocycles. The normalized spacial score (nSPS) is 39.0. The third-order valence-electron chi connectivity index (χ3n) is 7.83. The number of halogens is 2. The molecule has 3 aliphatic heterocycles. The average molecular weight is 497 g/mol. The minimum absolute atomic E-state index is 0.0273. The summed E-state index contributed by atoms with van der Waals surface area (Å²) < 4.78 is 5.18. The molecule has 1 aromatic carbocycles. The number of nitrogens with zero attached hydrogens (tertiary/aromatic N) is 3. The zero-order valence-corrected chi connectivity index (χ0v) is 19.2. The summed E-state index contributed by atoms with van der Waals surface area (Å²) in [7, 11) is 1.35. The van der Waals surface area contributed by atoms with Crippen LogP contribution in [-0.2, 0) is 14.9 Å². The van der Waals surface area contributed by atoms with E-state index in [1.54, 1.807) is 12.1 Å². The molecule has 1 saturated carbocycles. The highest BCUT2D eigenvalue weighted by Gasteiger charge is 2.75. The SMILES string of the molecule is CC[C@]12CCCN3C[C@@H](Br)[C@]4(C(=Nc5ccc([N+](=O)[O-])cc54)[C@@](Cl)(C(=O)OC)C1)[C@@H]32. The van der Waals surface area contributed by atoms with Crippen LogP contribution in [0.25, 0.3) is 0 Å². The first-order valence-corrected chi connectivity index (χ1v) is 11.6. The third-order valence-corrected chi connectivity index (χ3v) is 9.31. The molecule has 4 aliphatic rings. The zero-order chi connectivity index (χ0) is 21.5. The fourth-order valence-electron chi connectivity index (χ4n) is 6.77. The molecular weight excluding hydrogens is 474 g/mol. The summed E-state index contributed by atoms with van der Waals surface area (Å²) in [5.41, 5.74) is 1.16. The first-order valence-electron chi connectivity index (χ1n) is 10.3. The minimum Gasteiger partial charge on any atom is -0.467 e. The van der Waals surface area contributed by atoms with Crippen molar-refractivity contribution in [3.8, 4) is 0 Å². The Balaban J connectivity index is 1.84. The molecule has 3 fully saturated rings. The second-order valence-electron chi connectivity index (χ2n) is 8.94. The third kappa shape index (κ3) is 2.25. The first kappa shape index (κ1) is 20.4. The van der Waals surface area contributed by atoms with E-state index in [4.69, 9.17) is 21.3 Å². The van der Waals surface area contributed by atoms with Crippen LogP contribution < -0.4 is 0 Å². The molecule has 0 N–H and O–H groups in total. The molecule has 0 amide bonds. The van der Waals surface area contributed by atoms with Crippen molar-refractivity contribution in [1.82, 2.24) is 4.90 Å². The maximum atomic E-state index is 13.1. The van der Waals surface area contributed by atoms with Crippen molar-refractivity contribution in [2.75, 3.05) is 20.2 Å². The average Bonchev–Trinajstić information content (AvgIpc) is 3.24. The summed E-state index contributed by atoms with van der Waals surface area (Å²) in [6.07, 6.45) is 3.30. The second-order valence-corrected chi connectivity index (χ2v) is 10.7. The van der Waals surface area contributed by atoms with Crippen LogP contribution in [0.2, 0.25) is 0 Å². The fourth-order valence-corrected chi connectivity index (χ4v) is 8.40. The lowest BCUT2D eigenvalue weighted by Gasteiger charge is -2.59. The lowest BCUT2D eigenvalue weighted by molar-refractivity contribution is -0.384. The number of benzene rings is 1. The van der Waals surface area contributed by atoms with Crippen LogP contribution in [0.5, 0.6) is 0 Å². The Hall–Kier alpha value is -1.51. The van der Waals surface area contributed by atoms with Gasteiger partial charge in [0.2, 0.25) is 0 Å². The van der Waals surface area contributed by atoms with Gasteiger partial charge in [-0.2, -0.15) is 0 Å². The van der Waals surface area contributed by atoms with Gasteiger partial charge in [-0.3, -0.25) is 20.0 Å². The molecule has 1 spiro atoms. The van der Waals surface area contributed by atoms with Gasteiger partial charge in [-0.25, -0.2) is 4.79 Å². The van der Waals surface area contributed by atoms with Crippen molar-refractivity contribution in [1.29, 1.82) is 0 Å². The highest BCUT2D eigenvalue weighted by atomic mass is 79.9. The van der Waals surface area contributed by atoms with E-state index < -0.39 is 16.3 Å². The molecule has 9 heteroatoms. The fraction of sp³-hybridized carbons (Fsp3) is 0.619. The van der Waals surface area contributed by atoms with E-state index in [1.165, 1.54) is 13.2 Å². The standard InChI is InChI=1S/C21H23BrClN3O4/c1-3-19-7-4-8-25-10-15(22)21(17(19)25)13-9-12(26(28)29)5-6-14(13)24-16(21)20(23,11-19)18(27)30-2/h5-6,9,15,17H,3-4,7-8,10-11H2,1-2H3/t15-,17+,19+,20-,21-/m1/s1. The highest BCUT2D eigenvalue weighted by molar-refractivity contribution is 9.09. The van der Waals surface area contributed by atoms with E-state index in [-0.39, 0.29) is 26.9 Å². The number of nitro groups is 1. The number of hydrogen-bond donors (Lipinski definition) is 0. The van der Waals surface area contributed by atoms with Gasteiger partial charge in [0.15, 0.2) is 4.87 Å². The maximum absolute atomic E-state index is 13.1. The quantitative estimate of drug-likeness (QED) is 0.272. The molecule has 7 nitrogen and oxygen atoms in total. The molecule has 30 heavy (non-hydrogen) atoms. The summed E-state index contributed by atoms with van der Waals surface area (Å²) in [5, 5.41) is 11.6. The number of ether oxygens (including phenoxy) is 1. The van der Waals surface area contributed by atoms with E-state index in [2.05, 4.69) is 27.8 Å². The Bertz CT molecular complexity index is 1000. The number of esters is 1. The molecule has 1 aliphatic carbocycles. The Kier molecular flexibility index (Phi) is 4.42. The van der Waals surface area contributed by atoms with Crippen molar-refractivity contribution in [2.45, 2.75) is 53.8 Å². The van der Waals surface area contributed by atoms with Gasteiger partial charge >= 0.3 is 5.97 Å². The number of carbonyl (C=O) groups excluding carboxylic acids is 1. The van der Waals surface area contributed by atoms with Gasteiger partial charge < -0.3 is 4.74 Å². The molecule has 0 unspecified atom stereocenters. The van der Waals surface area contributed by atoms with Crippen LogP contribution in [0.3, 0.4) is 0 Å². The van der Waals surface area contributed by atoms with Gasteiger partial charge in [-0.1, -0.05) is 34.5 Å². The predicted octanol–water partition coefficient (Wildman–Crippen LogP) is 4.11. The van der Waals surface area contributed by atoms with E-state index in [0.29, 0.717) is 17.8 Å². The van der Waals surface area contributed by atoms with Gasteiger partial charge in [-0.15, -0.1) is 0 Å². The Morgan fingerprint density at radius 2 is 2.27 bits per heavy atom. The molecule has 160 valence electrons. The van der Waals surface area contributed by atoms with Crippen molar-refractivity contribution < 1.29 is 14.5 Å². The topological polar surface area (TPSA) is 85.0 Å². The monoisotopic (exact) mass is 495 g/mol. The van der Waals surface area contributed by atoms with Gasteiger partial charge in [0.05, 0.1) is 28.8 Å². The van der Waals surface area contributed by atoms with Crippen LogP contribution in [0.1, 0.15) is 38.2 Å². The second kappa shape index (κ2) is 6.50. The minimum atomic E-state index is -1.39. The number of carbonyl (C=O) groups is 1. The molecule has 0 radical (unpaired) electrons. The molecule has 2 saturated heterocycles. The van der Waals surface area contributed by atoms with E-state index in [9.17, 15) is 14.9 Å². The lowest BCUT2D eigenvalue weighted by atomic mass is 9.50. The van der Waals surface area contributed by atoms with Crippen molar-refractivity contribution in [3.05, 3.63) is 33.9 Å². The molecule has 0 bridgehead atoms. The molecule has 3 heterocycles. The highest BCUT2D eigenvalue weighted by Crippen LogP contribution is 2.67. The lowest BCUT2D eigenvalue weighted by Crippen LogP contribution is -2.70. The number of nitro benzene ring substituents is 1. The number of aliphatic imine (C=N–C) groups is 1. The summed E-state index contributed by atoms with van der Waals surface area (Å²) in [6.45, 7) is 3.89. The number of hydrogen-bond acceptors (Lipinski definition) is 6. The summed E-state index contributed by atoms with van der Waals surface area (Å²) in [5.74, 6) is -0.500. The number of methoxy groups -OCH3 is 1. The van der Waals surface area contributed by atoms with Crippen LogP contribution in [0.15, 0.2) is 23.2 Å². The van der Waals surface area contributed by atoms with E-state index in [0.717, 1.165) is 37.9 Å². The van der Waals surface area contributed by atoms with E-state index >= 15 is 0 Å². The number of rotatable bonds is 3. The largest absolute Gasteiger partial charge is 0.467 e. The smallest absolute Gasteiger partial charge is 0.332 e. The molecule has 5 rings (SSSR count). The summed E-state index contributed by atoms with van der Waals surface area (Å²) in [4.78, 5) is 30.2. The Morgan fingerprint density at radius 1 is 1.50 bits per heavy atom. The van der Waals surface area contributed by atoms with Crippen molar-refractivity contribution >= 4 is 50.6 Å². The Morgan fingerprint density at radius 3 is 2.93 bits per heavy atom. The zero-order valence-electron chi connectivity index (χ0n) is 16.9. The van der Waals surface area contributed by atoms with Gasteiger partial charge in [0.25, 0.3) is 5.69 Å². The van der Waals surface area contributed by atoms with Gasteiger partial charge in [0.1, 0.15) is 0 Å². The van der Waals surface area contributed by atoms with Crippen molar-refractivity contribution in [3.63, 3.8) is 0 Å². The van der Waals surface area contributed by atoms with Crippen LogP contribution in [-0.4, -0.2) is 57.4 Å². The summed E-state index contributed by atoms with van der Waals surface area (Å²) >= 11 is 11.1. The van der Waals surface area contributed by atoms with E-state index in [1.807, 2.05) is 0 Å². The molecule has 5 atom stereocenters. The number of non-ortho nitro benzene ring substituents is 1. The molecule has 1 aromatic rings. The number of fused-ring (bicyclic) bond motifs is 1. The van der Waals surface area contributed by atoms with Crippen LogP contribution in [0, 0.1) is 15.5 Å². The first-order chi connectivity index (χ1) is 14.2. The number of piperidine rings is 1. The van der Waals surface area contributed by atoms with Gasteiger partial charge in [0, 0.05) is 29.5 Å². The van der Waals surface area contributed by atoms with Crippen LogP contribution in [0.4, 0.5) is 11.4 Å². The number of alkyl halides is 2. The van der Waals surface area contributed by atoms with Crippen LogP contribution >= 0.6 is 27.5 Å². The van der Waals surface area contributed by atoms with Gasteiger partial charge in [-0.05, 0) is 49.3 Å². The predicted molar refractivity (Wildman–Crippen MR) is 117 cm³/mol. The Labute approximate surface area is 188 Å². The van der Waals surface area contributed by atoms with Crippen molar-refractivity contribution in [2.24, 2.45) is 10.4 Å². The summed E-state index contributed by atoms with van der Waals surface area (Å²) in [6, 6.07) is 4.86. The molecular formula is C21H23BrClN3O4. The maximum Gasteiger partial charge on any atom is 0.332 e.